The molecule has 0 bridgehead atoms. The SMILES string of the molecule is CC[C@H]1COC(CN)C1. The molecule has 0 radical (unpaired) electrons. The highest BCUT2D eigenvalue weighted by molar-refractivity contribution is 4.72. The zero-order valence-electron chi connectivity index (χ0n) is 5.97. The topological polar surface area (TPSA) is 35.2 Å². The van der Waals surface area contributed by atoms with Crippen LogP contribution in [0.5, 0.6) is 0 Å². The van der Waals surface area contributed by atoms with E-state index < -0.39 is 0 Å². The van der Waals surface area contributed by atoms with Crippen LogP contribution in [0, 0.1) is 5.92 Å². The highest BCUT2D eigenvalue weighted by atomic mass is 16.5. The molecule has 1 rings (SSSR count). The summed E-state index contributed by atoms with van der Waals surface area (Å²) in [6.45, 7) is 3.82. The van der Waals surface area contributed by atoms with Crippen LogP contribution in [0.1, 0.15) is 19.8 Å². The minimum absolute atomic E-state index is 0.356. The fraction of sp³-hybridized carbons (Fsp3) is 1.00. The van der Waals surface area contributed by atoms with Gasteiger partial charge in [-0.15, -0.1) is 0 Å². The molecule has 9 heavy (non-hydrogen) atoms. The molecule has 1 aliphatic heterocycles. The first-order valence-electron chi connectivity index (χ1n) is 3.68. The smallest absolute Gasteiger partial charge is 0.0700 e. The molecule has 1 heterocycles. The maximum absolute atomic E-state index is 5.43. The standard InChI is InChI=1S/C7H15NO/c1-2-6-3-7(4-8)9-5-6/h6-7H,2-5,8H2,1H3/t6-,7?/m1/s1. The minimum atomic E-state index is 0.356. The molecule has 0 aromatic carbocycles. The molecular weight excluding hydrogens is 114 g/mol. The van der Waals surface area contributed by atoms with E-state index in [0.29, 0.717) is 12.6 Å². The van der Waals surface area contributed by atoms with Crippen molar-refractivity contribution in [3.8, 4) is 0 Å². The zero-order valence-corrected chi connectivity index (χ0v) is 5.97. The van der Waals surface area contributed by atoms with E-state index in [9.17, 15) is 0 Å². The molecule has 2 atom stereocenters. The molecule has 0 saturated carbocycles. The second-order valence-corrected chi connectivity index (χ2v) is 2.70. The Labute approximate surface area is 56.4 Å². The van der Waals surface area contributed by atoms with Gasteiger partial charge in [0.15, 0.2) is 0 Å². The molecule has 0 aromatic rings. The number of hydrogen-bond acceptors (Lipinski definition) is 2. The highest BCUT2D eigenvalue weighted by Gasteiger charge is 2.22. The van der Waals surface area contributed by atoms with Gasteiger partial charge in [-0.2, -0.15) is 0 Å². The quantitative estimate of drug-likeness (QED) is 0.597. The Bertz CT molecular complexity index is 75.0. The number of ether oxygens (including phenoxy) is 1. The van der Waals surface area contributed by atoms with Crippen molar-refractivity contribution in [3.05, 3.63) is 0 Å². The van der Waals surface area contributed by atoms with Crippen LogP contribution >= 0.6 is 0 Å². The van der Waals surface area contributed by atoms with E-state index >= 15 is 0 Å². The summed E-state index contributed by atoms with van der Waals surface area (Å²) >= 11 is 0. The van der Waals surface area contributed by atoms with Gasteiger partial charge in [-0.25, -0.2) is 0 Å². The highest BCUT2D eigenvalue weighted by Crippen LogP contribution is 2.20. The van der Waals surface area contributed by atoms with E-state index in [4.69, 9.17) is 10.5 Å². The molecule has 0 amide bonds. The van der Waals surface area contributed by atoms with Gasteiger partial charge in [-0.05, 0) is 12.3 Å². The average molecular weight is 129 g/mol. The first kappa shape index (κ1) is 7.03. The fourth-order valence-corrected chi connectivity index (χ4v) is 1.23. The molecule has 0 aliphatic carbocycles. The lowest BCUT2D eigenvalue weighted by atomic mass is 10.0. The Kier molecular flexibility index (Phi) is 2.49. The van der Waals surface area contributed by atoms with Crippen LogP contribution < -0.4 is 5.73 Å². The van der Waals surface area contributed by atoms with E-state index in [-0.39, 0.29) is 0 Å². The number of nitrogens with two attached hydrogens (primary N) is 1. The van der Waals surface area contributed by atoms with Crippen LogP contribution in [-0.2, 0) is 4.74 Å². The van der Waals surface area contributed by atoms with E-state index in [0.717, 1.165) is 12.5 Å². The summed E-state index contributed by atoms with van der Waals surface area (Å²) in [5.41, 5.74) is 5.43. The molecule has 54 valence electrons. The van der Waals surface area contributed by atoms with E-state index in [1.54, 1.807) is 0 Å². The van der Waals surface area contributed by atoms with Crippen molar-refractivity contribution in [1.82, 2.24) is 0 Å². The third-order valence-electron chi connectivity index (χ3n) is 2.00. The van der Waals surface area contributed by atoms with Crippen molar-refractivity contribution < 1.29 is 4.74 Å². The molecule has 1 saturated heterocycles. The van der Waals surface area contributed by atoms with Crippen molar-refractivity contribution >= 4 is 0 Å². The average Bonchev–Trinajstić information content (AvgIpc) is 2.34. The molecule has 2 N–H and O–H groups in total. The van der Waals surface area contributed by atoms with Gasteiger partial charge in [-0.3, -0.25) is 0 Å². The predicted octanol–water partition coefficient (Wildman–Crippen LogP) is 0.760. The van der Waals surface area contributed by atoms with Gasteiger partial charge in [-0.1, -0.05) is 13.3 Å². The summed E-state index contributed by atoms with van der Waals surface area (Å²) in [5.74, 6) is 0.776. The van der Waals surface area contributed by atoms with Gasteiger partial charge in [0.25, 0.3) is 0 Å². The Hall–Kier alpha value is -0.0800. The summed E-state index contributed by atoms with van der Waals surface area (Å²) in [6, 6.07) is 0. The van der Waals surface area contributed by atoms with Crippen molar-refractivity contribution in [3.63, 3.8) is 0 Å². The van der Waals surface area contributed by atoms with Crippen LogP contribution in [0.3, 0.4) is 0 Å². The van der Waals surface area contributed by atoms with E-state index in [1.807, 2.05) is 0 Å². The summed E-state index contributed by atoms with van der Waals surface area (Å²) in [7, 11) is 0. The summed E-state index contributed by atoms with van der Waals surface area (Å²) in [6.07, 6.45) is 2.76. The fourth-order valence-electron chi connectivity index (χ4n) is 1.23. The Morgan fingerprint density at radius 1 is 1.67 bits per heavy atom. The van der Waals surface area contributed by atoms with Crippen molar-refractivity contribution in [2.45, 2.75) is 25.9 Å². The van der Waals surface area contributed by atoms with Crippen LogP contribution in [-0.4, -0.2) is 19.3 Å². The first-order valence-corrected chi connectivity index (χ1v) is 3.68. The third kappa shape index (κ3) is 1.66. The monoisotopic (exact) mass is 129 g/mol. The first-order chi connectivity index (χ1) is 4.36. The maximum atomic E-state index is 5.43. The van der Waals surface area contributed by atoms with Crippen LogP contribution in [0.4, 0.5) is 0 Å². The molecule has 0 spiro atoms. The minimum Gasteiger partial charge on any atom is -0.377 e. The number of rotatable bonds is 2. The Morgan fingerprint density at radius 3 is 2.78 bits per heavy atom. The van der Waals surface area contributed by atoms with Gasteiger partial charge in [0.2, 0.25) is 0 Å². The second kappa shape index (κ2) is 3.18. The predicted molar refractivity (Wildman–Crippen MR) is 37.2 cm³/mol. The van der Waals surface area contributed by atoms with Gasteiger partial charge in [0.1, 0.15) is 0 Å². The van der Waals surface area contributed by atoms with E-state index in [1.165, 1.54) is 12.8 Å². The van der Waals surface area contributed by atoms with Gasteiger partial charge in [0.05, 0.1) is 6.10 Å². The van der Waals surface area contributed by atoms with Crippen LogP contribution in [0.2, 0.25) is 0 Å². The van der Waals surface area contributed by atoms with Gasteiger partial charge >= 0.3 is 0 Å². The lowest BCUT2D eigenvalue weighted by Gasteiger charge is -2.02. The molecule has 1 unspecified atom stereocenters. The zero-order chi connectivity index (χ0) is 6.69. The van der Waals surface area contributed by atoms with Crippen LogP contribution in [0.15, 0.2) is 0 Å². The van der Waals surface area contributed by atoms with Crippen LogP contribution in [0.25, 0.3) is 0 Å². The molecule has 2 nitrogen and oxygen atoms in total. The maximum Gasteiger partial charge on any atom is 0.0700 e. The molecule has 2 heteroatoms. The van der Waals surface area contributed by atoms with Crippen molar-refractivity contribution in [2.24, 2.45) is 11.7 Å². The molecule has 0 aromatic heterocycles. The van der Waals surface area contributed by atoms with Gasteiger partial charge in [0, 0.05) is 13.2 Å². The van der Waals surface area contributed by atoms with Gasteiger partial charge < -0.3 is 10.5 Å². The Morgan fingerprint density at radius 2 is 2.44 bits per heavy atom. The van der Waals surface area contributed by atoms with Crippen molar-refractivity contribution in [2.75, 3.05) is 13.2 Å². The lowest BCUT2D eigenvalue weighted by Crippen LogP contribution is -2.18. The van der Waals surface area contributed by atoms with E-state index in [2.05, 4.69) is 6.92 Å². The van der Waals surface area contributed by atoms with Crippen molar-refractivity contribution in [1.29, 1.82) is 0 Å². The molecular formula is C7H15NO. The summed E-state index contributed by atoms with van der Waals surface area (Å²) < 4.78 is 5.38. The molecule has 1 fully saturated rings. The summed E-state index contributed by atoms with van der Waals surface area (Å²) in [5, 5.41) is 0. The lowest BCUT2D eigenvalue weighted by molar-refractivity contribution is 0.112. The third-order valence-corrected chi connectivity index (χ3v) is 2.00. The number of hydrogen-bond donors (Lipinski definition) is 1. The summed E-state index contributed by atoms with van der Waals surface area (Å²) in [4.78, 5) is 0. The largest absolute Gasteiger partial charge is 0.377 e. The Balaban J connectivity index is 2.20. The normalized spacial score (nSPS) is 35.3. The molecule has 1 aliphatic rings. The second-order valence-electron chi connectivity index (χ2n) is 2.70.